The zero-order chi connectivity index (χ0) is 41.6. The lowest BCUT2D eigenvalue weighted by Gasteiger charge is -2.25. The van der Waals surface area contributed by atoms with E-state index in [0.29, 0.717) is 22.7 Å². The normalized spacial score (nSPS) is 10.3. The highest BCUT2D eigenvalue weighted by Crippen LogP contribution is 2.38. The molecule has 0 aliphatic rings. The Balaban J connectivity index is 0.000000200. The number of aliphatic carboxylic acids is 2. The highest BCUT2D eigenvalue weighted by molar-refractivity contribution is 5.95. The molecule has 0 unspecified atom stereocenters. The summed E-state index contributed by atoms with van der Waals surface area (Å²) in [7, 11) is 0. The molecule has 0 saturated heterocycles. The average molecular weight is 795 g/mol. The van der Waals surface area contributed by atoms with Crippen molar-refractivity contribution in [3.05, 3.63) is 210 Å². The maximum atomic E-state index is 11.1. The minimum atomic E-state index is -1.28. The van der Waals surface area contributed by atoms with Gasteiger partial charge in [0.2, 0.25) is 0 Å². The standard InChI is InChI=1S/C24H16N2O3.C21H15NO2.C3H3NO2.CH4/c1-25-22(24(27)28)16-21-14-17-12-13-20(15-23(17)29-21)26(18-8-4-2-5-9-18)19-10-6-3-7-11-19;23-15-20-13-16-11-12-19(14-21(16)24-20)22(17-7-3-1-4-8-17)18-9-5-2-6-10-18;1-4-2-3(5)6;/h2-16H,(H,27,28);1-15H;2H2,(H,5,6);1H4. The van der Waals surface area contributed by atoms with E-state index in [9.17, 15) is 14.4 Å². The number of hydrogen-bond donors (Lipinski definition) is 2. The highest BCUT2D eigenvalue weighted by Gasteiger charge is 2.16. The topological polar surface area (TPSA) is 133 Å². The number of hydrogen-bond acceptors (Lipinski definition) is 7. The lowest BCUT2D eigenvalue weighted by Crippen LogP contribution is -2.09. The molecule has 2 aromatic heterocycles. The molecule has 8 rings (SSSR count). The molecule has 6 aromatic carbocycles. The minimum Gasteiger partial charge on any atom is -0.486 e. The predicted octanol–water partition coefficient (Wildman–Crippen LogP) is 12.6. The third-order valence-corrected chi connectivity index (χ3v) is 8.57. The van der Waals surface area contributed by atoms with Gasteiger partial charge in [-0.1, -0.05) is 80.2 Å². The Bertz CT molecular complexity index is 2730. The molecule has 8 aromatic rings. The van der Waals surface area contributed by atoms with E-state index in [0.717, 1.165) is 51.2 Å². The summed E-state index contributed by atoms with van der Waals surface area (Å²) in [5.41, 5.74) is 6.94. The third kappa shape index (κ3) is 10.6. The van der Waals surface area contributed by atoms with Gasteiger partial charge in [-0.25, -0.2) is 16.2 Å². The number of nitrogens with zero attached hydrogens (tertiary/aromatic N) is 4. The van der Waals surface area contributed by atoms with Gasteiger partial charge in [0.25, 0.3) is 5.70 Å². The summed E-state index contributed by atoms with van der Waals surface area (Å²) in [4.78, 5) is 41.3. The van der Waals surface area contributed by atoms with Gasteiger partial charge >= 0.3 is 18.5 Å². The first-order chi connectivity index (χ1) is 28.8. The van der Waals surface area contributed by atoms with Crippen LogP contribution in [0.4, 0.5) is 34.1 Å². The van der Waals surface area contributed by atoms with Crippen molar-refractivity contribution in [1.82, 2.24) is 0 Å². The van der Waals surface area contributed by atoms with Gasteiger partial charge in [0.15, 0.2) is 12.0 Å². The first-order valence-electron chi connectivity index (χ1n) is 18.0. The SMILES string of the molecule is C.O=Cc1cc2ccc(N(c3ccccc3)c3ccccc3)cc2o1.[C-]#[N+]C(=Cc1cc2ccc(N(c3ccccc3)c3ccccc3)cc2o1)C(=O)O.[C-]#[N+]CC(=O)O. The summed E-state index contributed by atoms with van der Waals surface area (Å²) < 4.78 is 11.4. The van der Waals surface area contributed by atoms with Gasteiger partial charge < -0.3 is 33.7 Å². The number of aldehydes is 1. The van der Waals surface area contributed by atoms with Crippen LogP contribution in [0.3, 0.4) is 0 Å². The van der Waals surface area contributed by atoms with Gasteiger partial charge in [-0.05, 0) is 91.0 Å². The van der Waals surface area contributed by atoms with Crippen molar-refractivity contribution in [3.63, 3.8) is 0 Å². The Kier molecular flexibility index (Phi) is 14.5. The monoisotopic (exact) mass is 794 g/mol. The van der Waals surface area contributed by atoms with Gasteiger partial charge in [0.05, 0.1) is 6.57 Å². The van der Waals surface area contributed by atoms with Crippen molar-refractivity contribution in [3.8, 4) is 0 Å². The maximum absolute atomic E-state index is 11.1. The number of fused-ring (bicyclic) bond motifs is 2. The smallest absolute Gasteiger partial charge is 0.384 e. The van der Waals surface area contributed by atoms with E-state index in [-0.39, 0.29) is 13.1 Å². The van der Waals surface area contributed by atoms with E-state index in [2.05, 4.69) is 43.8 Å². The van der Waals surface area contributed by atoms with Gasteiger partial charge in [-0.15, -0.1) is 0 Å². The van der Waals surface area contributed by atoms with Gasteiger partial charge in [0.1, 0.15) is 16.9 Å². The Labute approximate surface area is 346 Å². The molecule has 2 N–H and O–H groups in total. The molecule has 11 heteroatoms. The number of rotatable bonds is 10. The second kappa shape index (κ2) is 20.5. The Morgan fingerprint density at radius 2 is 0.933 bits per heavy atom. The number of para-hydroxylation sites is 4. The van der Waals surface area contributed by atoms with Gasteiger partial charge in [-0.2, -0.15) is 0 Å². The van der Waals surface area contributed by atoms with Crippen LogP contribution in [0.2, 0.25) is 0 Å². The number of carbonyl (C=O) groups excluding carboxylic acids is 1. The summed E-state index contributed by atoms with van der Waals surface area (Å²) in [6, 6.07) is 55.6. The fourth-order valence-corrected chi connectivity index (χ4v) is 6.04. The van der Waals surface area contributed by atoms with E-state index >= 15 is 0 Å². The quantitative estimate of drug-likeness (QED) is 0.0788. The van der Waals surface area contributed by atoms with E-state index in [1.165, 1.54) is 6.08 Å². The average Bonchev–Trinajstić information content (AvgIpc) is 3.88. The number of carboxylic acids is 2. The van der Waals surface area contributed by atoms with E-state index in [1.807, 2.05) is 133 Å². The van der Waals surface area contributed by atoms with Crippen LogP contribution in [0.1, 0.15) is 23.7 Å². The molecular weight excluding hydrogens is 757 g/mol. The molecule has 60 heavy (non-hydrogen) atoms. The van der Waals surface area contributed by atoms with Crippen molar-refractivity contribution >= 4 is 80.4 Å². The molecule has 0 bridgehead atoms. The van der Waals surface area contributed by atoms with Crippen molar-refractivity contribution in [1.29, 1.82) is 0 Å². The lowest BCUT2D eigenvalue weighted by molar-refractivity contribution is -0.135. The lowest BCUT2D eigenvalue weighted by atomic mass is 10.1. The summed E-state index contributed by atoms with van der Waals surface area (Å²) in [6.07, 6.45) is 1.97. The van der Waals surface area contributed by atoms with Crippen molar-refractivity contribution in [2.75, 3.05) is 16.3 Å². The number of furan rings is 2. The first kappa shape index (κ1) is 42.5. The predicted molar refractivity (Wildman–Crippen MR) is 235 cm³/mol. The molecule has 0 fully saturated rings. The van der Waals surface area contributed by atoms with Crippen LogP contribution in [0.5, 0.6) is 0 Å². The molecule has 0 saturated carbocycles. The van der Waals surface area contributed by atoms with Crippen LogP contribution < -0.4 is 9.80 Å². The van der Waals surface area contributed by atoms with E-state index in [4.69, 9.17) is 32.2 Å². The first-order valence-corrected chi connectivity index (χ1v) is 18.0. The van der Waals surface area contributed by atoms with Gasteiger partial charge in [0, 0.05) is 57.0 Å². The molecule has 0 amide bonds. The molecule has 0 spiro atoms. The van der Waals surface area contributed by atoms with Crippen molar-refractivity contribution in [2.45, 2.75) is 7.43 Å². The summed E-state index contributed by atoms with van der Waals surface area (Å²) in [5.74, 6) is -1.67. The zero-order valence-corrected chi connectivity index (χ0v) is 31.3. The third-order valence-electron chi connectivity index (χ3n) is 8.57. The number of anilines is 6. The van der Waals surface area contributed by atoms with Crippen molar-refractivity contribution < 1.29 is 33.4 Å². The van der Waals surface area contributed by atoms with Crippen LogP contribution in [0.15, 0.2) is 184 Å². The van der Waals surface area contributed by atoms with E-state index in [1.54, 1.807) is 12.1 Å². The summed E-state index contributed by atoms with van der Waals surface area (Å²) in [6.45, 7) is 12.5. The number of carbonyl (C=O) groups is 3. The minimum absolute atomic E-state index is 0. The molecular formula is C49H38N4O7. The second-order valence-corrected chi connectivity index (χ2v) is 12.5. The molecule has 11 nitrogen and oxygen atoms in total. The van der Waals surface area contributed by atoms with Crippen LogP contribution in [0.25, 0.3) is 37.7 Å². The molecule has 0 aliphatic carbocycles. The molecule has 0 aliphatic heterocycles. The number of benzene rings is 6. The van der Waals surface area contributed by atoms with Crippen LogP contribution in [-0.2, 0) is 9.59 Å². The Morgan fingerprint density at radius 3 is 1.25 bits per heavy atom. The molecule has 0 atom stereocenters. The molecule has 0 radical (unpaired) electrons. The number of carboxylic acid groups (broad SMARTS) is 2. The second-order valence-electron chi connectivity index (χ2n) is 12.5. The van der Waals surface area contributed by atoms with Crippen LogP contribution in [-0.4, -0.2) is 35.0 Å². The summed E-state index contributed by atoms with van der Waals surface area (Å²) in [5, 5.41) is 18.5. The zero-order valence-electron chi connectivity index (χ0n) is 31.3. The molecule has 296 valence electrons. The summed E-state index contributed by atoms with van der Waals surface area (Å²) >= 11 is 0. The van der Waals surface area contributed by atoms with Gasteiger partial charge in [-0.3, -0.25) is 9.59 Å². The van der Waals surface area contributed by atoms with Crippen molar-refractivity contribution in [2.24, 2.45) is 0 Å². The van der Waals surface area contributed by atoms with E-state index < -0.39 is 18.5 Å². The fraction of sp³-hybridized carbons (Fsp3) is 0.0408. The molecule has 2 heterocycles. The largest absolute Gasteiger partial charge is 0.486 e. The maximum Gasteiger partial charge on any atom is 0.384 e. The Hall–Kier alpha value is -8.67. The van der Waals surface area contributed by atoms with Crippen LogP contribution in [0, 0.1) is 13.1 Å². The Morgan fingerprint density at radius 1 is 0.550 bits per heavy atom. The van der Waals surface area contributed by atoms with Crippen LogP contribution >= 0.6 is 0 Å². The fourth-order valence-electron chi connectivity index (χ4n) is 6.04. The highest BCUT2D eigenvalue weighted by atomic mass is 16.4.